The summed E-state index contributed by atoms with van der Waals surface area (Å²) >= 11 is 20.1. The molecule has 0 aliphatic carbocycles. The van der Waals surface area contributed by atoms with Gasteiger partial charge in [0.1, 0.15) is 0 Å². The van der Waals surface area contributed by atoms with Gasteiger partial charge in [0.2, 0.25) is 0 Å². The molecule has 1 atom stereocenters. The average Bonchev–Trinajstić information content (AvgIpc) is 2.28. The van der Waals surface area contributed by atoms with Crippen molar-refractivity contribution in [1.29, 1.82) is 0 Å². The maximum atomic E-state index is 6.20. The van der Waals surface area contributed by atoms with E-state index < -0.39 is 0 Å². The molecular formula is C13H16Cl3NS. The van der Waals surface area contributed by atoms with Crippen LogP contribution in [0.4, 0.5) is 5.69 Å². The molecule has 0 saturated carbocycles. The quantitative estimate of drug-likeness (QED) is 0.712. The zero-order chi connectivity index (χ0) is 13.3. The minimum absolute atomic E-state index is 0.265. The van der Waals surface area contributed by atoms with Crippen molar-refractivity contribution in [2.24, 2.45) is 5.41 Å². The van der Waals surface area contributed by atoms with Crippen LogP contribution in [0.2, 0.25) is 15.1 Å². The fraction of sp³-hybridized carbons (Fsp3) is 0.538. The number of hydrogen-bond donors (Lipinski definition) is 1. The maximum Gasteiger partial charge on any atom is 0.0653 e. The van der Waals surface area contributed by atoms with Crippen LogP contribution in [-0.2, 0) is 0 Å². The number of halogens is 3. The van der Waals surface area contributed by atoms with Gasteiger partial charge in [0.15, 0.2) is 0 Å². The van der Waals surface area contributed by atoms with Crippen LogP contribution in [0.15, 0.2) is 12.1 Å². The van der Waals surface area contributed by atoms with Gasteiger partial charge in [0.25, 0.3) is 0 Å². The first-order valence-electron chi connectivity index (χ1n) is 5.89. The van der Waals surface area contributed by atoms with Gasteiger partial charge in [-0.25, -0.2) is 0 Å². The van der Waals surface area contributed by atoms with Crippen LogP contribution in [0.25, 0.3) is 0 Å². The van der Waals surface area contributed by atoms with Gasteiger partial charge in [-0.1, -0.05) is 48.7 Å². The van der Waals surface area contributed by atoms with E-state index in [1.807, 2.05) is 17.8 Å². The number of benzene rings is 1. The first-order chi connectivity index (χ1) is 8.40. The molecule has 1 aromatic carbocycles. The van der Waals surface area contributed by atoms with Gasteiger partial charge in [-0.05, 0) is 29.7 Å². The molecule has 1 aliphatic heterocycles. The highest BCUT2D eigenvalue weighted by molar-refractivity contribution is 7.99. The summed E-state index contributed by atoms with van der Waals surface area (Å²) in [6, 6.07) is 3.89. The molecule has 100 valence electrons. The molecule has 18 heavy (non-hydrogen) atoms. The molecule has 1 saturated heterocycles. The predicted molar refractivity (Wildman–Crippen MR) is 84.6 cm³/mol. The topological polar surface area (TPSA) is 12.0 Å². The molecule has 5 heteroatoms. The highest BCUT2D eigenvalue weighted by Crippen LogP contribution is 2.39. The van der Waals surface area contributed by atoms with Crippen molar-refractivity contribution in [3.05, 3.63) is 27.2 Å². The molecule has 1 N–H and O–H groups in total. The minimum atomic E-state index is 0.265. The molecule has 1 heterocycles. The fourth-order valence-electron chi connectivity index (χ4n) is 1.99. The molecule has 1 fully saturated rings. The largest absolute Gasteiger partial charge is 0.380 e. The lowest BCUT2D eigenvalue weighted by atomic mass is 9.82. The molecule has 0 aromatic heterocycles. The second-order valence-corrected chi connectivity index (χ2v) is 7.63. The van der Waals surface area contributed by atoms with E-state index in [0.29, 0.717) is 21.1 Å². The summed E-state index contributed by atoms with van der Waals surface area (Å²) in [4.78, 5) is 0. The summed E-state index contributed by atoms with van der Waals surface area (Å²) in [5.74, 6) is 2.31. The lowest BCUT2D eigenvalue weighted by Gasteiger charge is -2.39. The van der Waals surface area contributed by atoms with E-state index in [9.17, 15) is 0 Å². The molecule has 0 spiro atoms. The zero-order valence-corrected chi connectivity index (χ0v) is 13.5. The van der Waals surface area contributed by atoms with Crippen LogP contribution in [-0.4, -0.2) is 17.5 Å². The second kappa shape index (κ2) is 5.70. The van der Waals surface area contributed by atoms with Crippen molar-refractivity contribution < 1.29 is 0 Å². The van der Waals surface area contributed by atoms with Crippen LogP contribution in [0.3, 0.4) is 0 Å². The Labute approximate surface area is 128 Å². The summed E-state index contributed by atoms with van der Waals surface area (Å²) in [5, 5.41) is 5.16. The third kappa shape index (κ3) is 3.22. The SMILES string of the molecule is CC1(C)CCSCC1Nc1cc(Cl)c(Cl)cc1Cl. The summed E-state index contributed by atoms with van der Waals surface area (Å²) in [6.45, 7) is 4.58. The van der Waals surface area contributed by atoms with Gasteiger partial charge < -0.3 is 5.32 Å². The Balaban J connectivity index is 2.20. The van der Waals surface area contributed by atoms with Crippen LogP contribution in [0.5, 0.6) is 0 Å². The van der Waals surface area contributed by atoms with Crippen LogP contribution >= 0.6 is 46.6 Å². The van der Waals surface area contributed by atoms with E-state index in [0.717, 1.165) is 11.4 Å². The third-order valence-electron chi connectivity index (χ3n) is 3.46. The van der Waals surface area contributed by atoms with E-state index in [1.54, 1.807) is 6.07 Å². The third-order valence-corrected chi connectivity index (χ3v) is 5.55. The highest BCUT2D eigenvalue weighted by atomic mass is 35.5. The number of nitrogens with one attached hydrogen (secondary N) is 1. The van der Waals surface area contributed by atoms with E-state index >= 15 is 0 Å². The molecule has 0 bridgehead atoms. The molecule has 0 radical (unpaired) electrons. The first-order valence-corrected chi connectivity index (χ1v) is 8.18. The molecule has 1 nitrogen and oxygen atoms in total. The average molecular weight is 325 g/mol. The molecular weight excluding hydrogens is 309 g/mol. The van der Waals surface area contributed by atoms with Gasteiger partial charge >= 0.3 is 0 Å². The summed E-state index contributed by atoms with van der Waals surface area (Å²) < 4.78 is 0. The Morgan fingerprint density at radius 3 is 2.50 bits per heavy atom. The molecule has 1 aromatic rings. The number of rotatable bonds is 2. The zero-order valence-electron chi connectivity index (χ0n) is 10.4. The van der Waals surface area contributed by atoms with Crippen LogP contribution in [0, 0.1) is 5.41 Å². The second-order valence-electron chi connectivity index (χ2n) is 5.26. The lowest BCUT2D eigenvalue weighted by Crippen LogP contribution is -2.41. The highest BCUT2D eigenvalue weighted by Gasteiger charge is 2.32. The van der Waals surface area contributed by atoms with Gasteiger partial charge in [-0.15, -0.1) is 0 Å². The van der Waals surface area contributed by atoms with Crippen molar-refractivity contribution in [3.8, 4) is 0 Å². The van der Waals surface area contributed by atoms with E-state index in [1.165, 1.54) is 12.2 Å². The monoisotopic (exact) mass is 323 g/mol. The van der Waals surface area contributed by atoms with Crippen molar-refractivity contribution >= 4 is 52.3 Å². The van der Waals surface area contributed by atoms with Crippen molar-refractivity contribution in [2.75, 3.05) is 16.8 Å². The van der Waals surface area contributed by atoms with Gasteiger partial charge in [-0.2, -0.15) is 11.8 Å². The Morgan fingerprint density at radius 1 is 1.17 bits per heavy atom. The standard InChI is InChI=1S/C13H16Cl3NS/c1-13(2)3-4-18-7-12(13)17-11-6-9(15)8(14)5-10(11)16/h5-6,12,17H,3-4,7H2,1-2H3. The van der Waals surface area contributed by atoms with Gasteiger partial charge in [-0.3, -0.25) is 0 Å². The van der Waals surface area contributed by atoms with Crippen molar-refractivity contribution in [2.45, 2.75) is 26.3 Å². The Kier molecular flexibility index (Phi) is 4.64. The number of anilines is 1. The number of thioether (sulfide) groups is 1. The summed E-state index contributed by atoms with van der Waals surface area (Å²) in [6.07, 6.45) is 1.20. The van der Waals surface area contributed by atoms with Crippen LogP contribution in [0.1, 0.15) is 20.3 Å². The molecule has 2 rings (SSSR count). The van der Waals surface area contributed by atoms with Gasteiger partial charge in [0, 0.05) is 11.8 Å². The molecule has 1 aliphatic rings. The smallest absolute Gasteiger partial charge is 0.0653 e. The Morgan fingerprint density at radius 2 is 1.83 bits per heavy atom. The molecule has 0 amide bonds. The minimum Gasteiger partial charge on any atom is -0.380 e. The fourth-order valence-corrected chi connectivity index (χ4v) is 4.20. The number of hydrogen-bond acceptors (Lipinski definition) is 2. The Hall–Kier alpha value is 0.240. The van der Waals surface area contributed by atoms with Crippen molar-refractivity contribution in [3.63, 3.8) is 0 Å². The maximum absolute atomic E-state index is 6.20. The normalized spacial score (nSPS) is 22.8. The van der Waals surface area contributed by atoms with E-state index in [4.69, 9.17) is 34.8 Å². The van der Waals surface area contributed by atoms with E-state index in [2.05, 4.69) is 19.2 Å². The lowest BCUT2D eigenvalue weighted by molar-refractivity contribution is 0.305. The predicted octanol–water partition coefficient (Wildman–Crippen LogP) is 5.59. The van der Waals surface area contributed by atoms with Gasteiger partial charge in [0.05, 0.1) is 20.8 Å². The summed E-state index contributed by atoms with van der Waals surface area (Å²) in [7, 11) is 0. The Bertz CT molecular complexity index is 448. The van der Waals surface area contributed by atoms with E-state index in [-0.39, 0.29) is 5.41 Å². The summed E-state index contributed by atoms with van der Waals surface area (Å²) in [5.41, 5.74) is 1.13. The molecule has 1 unspecified atom stereocenters. The van der Waals surface area contributed by atoms with Crippen LogP contribution < -0.4 is 5.32 Å². The van der Waals surface area contributed by atoms with Crippen molar-refractivity contribution in [1.82, 2.24) is 0 Å². The first kappa shape index (κ1) is 14.6.